The summed E-state index contributed by atoms with van der Waals surface area (Å²) in [5.74, 6) is 0.824. The fourth-order valence-electron chi connectivity index (χ4n) is 2.15. The highest BCUT2D eigenvalue weighted by molar-refractivity contribution is 5.39. The molecule has 2 rings (SSSR count). The first-order valence-corrected chi connectivity index (χ1v) is 5.39. The fourth-order valence-corrected chi connectivity index (χ4v) is 2.15. The molecule has 1 aliphatic heterocycles. The molecule has 0 aliphatic carbocycles. The van der Waals surface area contributed by atoms with E-state index < -0.39 is 6.43 Å². The molecule has 1 fully saturated rings. The maximum Gasteiger partial charge on any atom is 0.264 e. The fraction of sp³-hybridized carbons (Fsp3) is 0.500. The molecular weight excluding hydrogens is 212 g/mol. The van der Waals surface area contributed by atoms with Crippen molar-refractivity contribution in [2.75, 3.05) is 20.2 Å². The number of halogens is 2. The molecule has 16 heavy (non-hydrogen) atoms. The highest BCUT2D eigenvalue weighted by Gasteiger charge is 2.23. The van der Waals surface area contributed by atoms with Gasteiger partial charge in [0.05, 0.1) is 7.11 Å². The molecule has 2 nitrogen and oxygen atoms in total. The van der Waals surface area contributed by atoms with Crippen molar-refractivity contribution in [3.63, 3.8) is 0 Å². The summed E-state index contributed by atoms with van der Waals surface area (Å²) < 4.78 is 30.8. The van der Waals surface area contributed by atoms with E-state index in [1.807, 2.05) is 0 Å². The summed E-state index contributed by atoms with van der Waals surface area (Å²) in [5, 5.41) is 3.19. The van der Waals surface area contributed by atoms with Crippen LogP contribution < -0.4 is 10.1 Å². The monoisotopic (exact) mass is 227 g/mol. The van der Waals surface area contributed by atoms with E-state index in [0.717, 1.165) is 25.1 Å². The highest BCUT2D eigenvalue weighted by atomic mass is 19.3. The van der Waals surface area contributed by atoms with Crippen molar-refractivity contribution in [2.24, 2.45) is 0 Å². The summed E-state index contributed by atoms with van der Waals surface area (Å²) in [7, 11) is 1.55. The SMILES string of the molecule is COc1ccc(C(F)F)c(C2CCNC2)c1. The van der Waals surface area contributed by atoms with Crippen LogP contribution in [0, 0.1) is 0 Å². The quantitative estimate of drug-likeness (QED) is 0.857. The van der Waals surface area contributed by atoms with Crippen molar-refractivity contribution >= 4 is 0 Å². The van der Waals surface area contributed by atoms with E-state index in [9.17, 15) is 8.78 Å². The van der Waals surface area contributed by atoms with Crippen LogP contribution in [0.5, 0.6) is 5.75 Å². The molecule has 0 amide bonds. The number of alkyl halides is 2. The molecule has 1 aromatic rings. The van der Waals surface area contributed by atoms with Gasteiger partial charge in [-0.2, -0.15) is 0 Å². The Morgan fingerprint density at radius 1 is 1.44 bits per heavy atom. The average molecular weight is 227 g/mol. The van der Waals surface area contributed by atoms with Gasteiger partial charge in [0.2, 0.25) is 0 Å². The van der Waals surface area contributed by atoms with E-state index in [0.29, 0.717) is 5.75 Å². The Labute approximate surface area is 93.6 Å². The van der Waals surface area contributed by atoms with E-state index in [2.05, 4.69) is 5.32 Å². The minimum atomic E-state index is -2.42. The van der Waals surface area contributed by atoms with Crippen LogP contribution in [0.15, 0.2) is 18.2 Å². The van der Waals surface area contributed by atoms with Crippen LogP contribution in [0.2, 0.25) is 0 Å². The molecule has 0 saturated carbocycles. The molecule has 0 bridgehead atoms. The summed E-state index contributed by atoms with van der Waals surface area (Å²) in [6.45, 7) is 1.66. The second-order valence-electron chi connectivity index (χ2n) is 3.99. The molecule has 0 radical (unpaired) electrons. The van der Waals surface area contributed by atoms with Gasteiger partial charge >= 0.3 is 0 Å². The van der Waals surface area contributed by atoms with Crippen LogP contribution in [0.1, 0.15) is 29.9 Å². The molecule has 1 unspecified atom stereocenters. The lowest BCUT2D eigenvalue weighted by Gasteiger charge is -2.15. The molecule has 4 heteroatoms. The van der Waals surface area contributed by atoms with Crippen LogP contribution in [-0.2, 0) is 0 Å². The van der Waals surface area contributed by atoms with E-state index in [1.165, 1.54) is 6.07 Å². The van der Waals surface area contributed by atoms with Gasteiger partial charge in [-0.25, -0.2) is 8.78 Å². The number of benzene rings is 1. The van der Waals surface area contributed by atoms with Crippen molar-refractivity contribution in [1.82, 2.24) is 5.32 Å². The maximum atomic E-state index is 12.9. The topological polar surface area (TPSA) is 21.3 Å². The number of hydrogen-bond acceptors (Lipinski definition) is 2. The standard InChI is InChI=1S/C12H15F2NO/c1-16-9-2-3-10(12(13)14)11(6-9)8-4-5-15-7-8/h2-3,6,8,12,15H,4-5,7H2,1H3. The lowest BCUT2D eigenvalue weighted by molar-refractivity contribution is 0.149. The van der Waals surface area contributed by atoms with E-state index in [-0.39, 0.29) is 11.5 Å². The van der Waals surface area contributed by atoms with Gasteiger partial charge in [0.1, 0.15) is 5.75 Å². The third-order valence-corrected chi connectivity index (χ3v) is 3.03. The minimum Gasteiger partial charge on any atom is -0.497 e. The third kappa shape index (κ3) is 2.16. The zero-order valence-corrected chi connectivity index (χ0v) is 9.17. The summed E-state index contributed by atoms with van der Waals surface area (Å²) in [6.07, 6.45) is -1.51. The van der Waals surface area contributed by atoms with E-state index in [4.69, 9.17) is 4.74 Å². The molecule has 1 heterocycles. The molecule has 1 aromatic carbocycles. The van der Waals surface area contributed by atoms with Gasteiger partial charge in [0.25, 0.3) is 6.43 Å². The summed E-state index contributed by atoms with van der Waals surface area (Å²) in [6, 6.07) is 4.80. The normalized spacial score (nSPS) is 20.4. The number of ether oxygens (including phenoxy) is 1. The molecule has 0 aromatic heterocycles. The average Bonchev–Trinajstić information content (AvgIpc) is 2.81. The number of rotatable bonds is 3. The predicted octanol–water partition coefficient (Wildman–Crippen LogP) is 2.71. The van der Waals surface area contributed by atoms with Crippen LogP contribution in [0.3, 0.4) is 0 Å². The molecule has 1 N–H and O–H groups in total. The number of methoxy groups -OCH3 is 1. The smallest absolute Gasteiger partial charge is 0.264 e. The van der Waals surface area contributed by atoms with Crippen molar-refractivity contribution in [2.45, 2.75) is 18.8 Å². The zero-order chi connectivity index (χ0) is 11.5. The molecule has 1 saturated heterocycles. The van der Waals surface area contributed by atoms with Crippen molar-refractivity contribution < 1.29 is 13.5 Å². The van der Waals surface area contributed by atoms with Crippen LogP contribution in [0.4, 0.5) is 8.78 Å². The lowest BCUT2D eigenvalue weighted by Crippen LogP contribution is -2.09. The van der Waals surface area contributed by atoms with E-state index in [1.54, 1.807) is 19.2 Å². The highest BCUT2D eigenvalue weighted by Crippen LogP contribution is 2.34. The molecule has 0 spiro atoms. The second-order valence-corrected chi connectivity index (χ2v) is 3.99. The predicted molar refractivity (Wildman–Crippen MR) is 58.2 cm³/mol. The van der Waals surface area contributed by atoms with Gasteiger partial charge in [0, 0.05) is 12.1 Å². The van der Waals surface area contributed by atoms with E-state index >= 15 is 0 Å². The Kier molecular flexibility index (Phi) is 3.39. The Hall–Kier alpha value is -1.16. The summed E-state index contributed by atoms with van der Waals surface area (Å²) in [5.41, 5.74) is 0.855. The third-order valence-electron chi connectivity index (χ3n) is 3.03. The first kappa shape index (κ1) is 11.3. The summed E-state index contributed by atoms with van der Waals surface area (Å²) >= 11 is 0. The zero-order valence-electron chi connectivity index (χ0n) is 9.17. The van der Waals surface area contributed by atoms with Gasteiger partial charge in [-0.15, -0.1) is 0 Å². The first-order chi connectivity index (χ1) is 7.72. The van der Waals surface area contributed by atoms with Crippen LogP contribution in [-0.4, -0.2) is 20.2 Å². The van der Waals surface area contributed by atoms with Crippen LogP contribution >= 0.6 is 0 Å². The summed E-state index contributed by atoms with van der Waals surface area (Å²) in [4.78, 5) is 0. The Morgan fingerprint density at radius 3 is 2.81 bits per heavy atom. The van der Waals surface area contributed by atoms with Crippen LogP contribution in [0.25, 0.3) is 0 Å². The molecular formula is C12H15F2NO. The number of hydrogen-bond donors (Lipinski definition) is 1. The van der Waals surface area contributed by atoms with Gasteiger partial charge in [-0.1, -0.05) is 0 Å². The Bertz CT molecular complexity index is 362. The Morgan fingerprint density at radius 2 is 2.25 bits per heavy atom. The molecule has 88 valence electrons. The maximum absolute atomic E-state index is 12.9. The minimum absolute atomic E-state index is 0.134. The number of nitrogens with one attached hydrogen (secondary N) is 1. The lowest BCUT2D eigenvalue weighted by atomic mass is 9.93. The van der Waals surface area contributed by atoms with Crippen molar-refractivity contribution in [3.05, 3.63) is 29.3 Å². The van der Waals surface area contributed by atoms with Crippen molar-refractivity contribution in [3.8, 4) is 5.75 Å². The van der Waals surface area contributed by atoms with Gasteiger partial charge < -0.3 is 10.1 Å². The Balaban J connectivity index is 2.37. The van der Waals surface area contributed by atoms with Gasteiger partial charge in [-0.3, -0.25) is 0 Å². The second kappa shape index (κ2) is 4.78. The van der Waals surface area contributed by atoms with Gasteiger partial charge in [0.15, 0.2) is 0 Å². The first-order valence-electron chi connectivity index (χ1n) is 5.39. The molecule has 1 aliphatic rings. The molecule has 1 atom stereocenters. The largest absolute Gasteiger partial charge is 0.497 e. The van der Waals surface area contributed by atoms with Gasteiger partial charge in [-0.05, 0) is 42.6 Å². The van der Waals surface area contributed by atoms with Crippen molar-refractivity contribution in [1.29, 1.82) is 0 Å².